The Kier molecular flexibility index (Phi) is 16.2. The van der Waals surface area contributed by atoms with E-state index in [1.54, 1.807) is 0 Å². The van der Waals surface area contributed by atoms with Crippen LogP contribution in [-0.2, 0) is 41.3 Å². The molecule has 0 fully saturated rings. The minimum atomic E-state index is -0.826. The second-order valence-electron chi connectivity index (χ2n) is 14.9. The van der Waals surface area contributed by atoms with Crippen LogP contribution in [0.4, 0.5) is 0 Å². The summed E-state index contributed by atoms with van der Waals surface area (Å²) < 4.78 is 0. The van der Waals surface area contributed by atoms with Crippen LogP contribution in [-0.4, -0.2) is 20.4 Å². The molecule has 0 saturated heterocycles. The molecule has 0 heterocycles. The molecule has 52 heavy (non-hydrogen) atoms. The summed E-state index contributed by atoms with van der Waals surface area (Å²) in [6.45, 7) is 22.5. The fourth-order valence-electron chi connectivity index (χ4n) is 6.01. The van der Waals surface area contributed by atoms with E-state index in [4.69, 9.17) is 17.0 Å². The average molecular weight is 812 g/mol. The first kappa shape index (κ1) is 43.0. The summed E-state index contributed by atoms with van der Waals surface area (Å²) in [6, 6.07) is 35.8. The van der Waals surface area contributed by atoms with Gasteiger partial charge < -0.3 is 10.5 Å². The number of rotatable bonds is 6. The molecular formula is C44H50BCl2N2O2Zr. The number of aryl methyl sites for hydroxylation is 2. The van der Waals surface area contributed by atoms with Crippen LogP contribution < -0.4 is 10.5 Å². The molecule has 0 aliphatic heterocycles. The summed E-state index contributed by atoms with van der Waals surface area (Å²) in [5.41, 5.74) is 14.1. The van der Waals surface area contributed by atoms with Crippen molar-refractivity contribution in [2.45, 2.75) is 80.1 Å². The molecule has 0 aromatic heterocycles. The number of halogens is 2. The van der Waals surface area contributed by atoms with Crippen molar-refractivity contribution in [3.8, 4) is 22.3 Å². The molecule has 2 N–H and O–H groups in total. The molecule has 1 radical (unpaired) electrons. The van der Waals surface area contributed by atoms with Crippen molar-refractivity contribution in [3.63, 3.8) is 0 Å². The van der Waals surface area contributed by atoms with Gasteiger partial charge in [0.25, 0.3) is 0 Å². The Morgan fingerprint density at radius 1 is 0.577 bits per heavy atom. The molecule has 0 aliphatic rings. The van der Waals surface area contributed by atoms with Crippen molar-refractivity contribution in [1.82, 2.24) is 10.5 Å². The van der Waals surface area contributed by atoms with E-state index in [0.29, 0.717) is 12.8 Å². The van der Waals surface area contributed by atoms with E-state index in [9.17, 15) is 9.59 Å². The van der Waals surface area contributed by atoms with Gasteiger partial charge in [0.05, 0.1) is 0 Å². The Morgan fingerprint density at radius 3 is 1.23 bits per heavy atom. The summed E-state index contributed by atoms with van der Waals surface area (Å²) in [7, 11) is 11.0. The van der Waals surface area contributed by atoms with Crippen LogP contribution in [0, 0.1) is 27.7 Å². The van der Waals surface area contributed by atoms with Crippen LogP contribution in [0.1, 0.15) is 74.9 Å². The van der Waals surface area contributed by atoms with E-state index in [0.717, 1.165) is 7.55 Å². The van der Waals surface area contributed by atoms with E-state index in [2.05, 4.69) is 177 Å². The number of carbonyl (C=O) groups excluding carboxylic acids is 2. The van der Waals surface area contributed by atoms with E-state index >= 15 is 0 Å². The van der Waals surface area contributed by atoms with Gasteiger partial charge in [-0.05, 0) is 71.9 Å². The summed E-state index contributed by atoms with van der Waals surface area (Å²) in [6.07, 6.45) is 0.910. The molecule has 6 aromatic rings. The van der Waals surface area contributed by atoms with E-state index in [1.807, 2.05) is 0 Å². The van der Waals surface area contributed by atoms with Crippen LogP contribution in [0.25, 0.3) is 43.8 Å². The Labute approximate surface area is 330 Å². The first-order valence-corrected chi connectivity index (χ1v) is 23.6. The average Bonchev–Trinajstić information content (AvgIpc) is 3.75. The van der Waals surface area contributed by atoms with Crippen LogP contribution in [0.15, 0.2) is 97.1 Å². The van der Waals surface area contributed by atoms with Crippen molar-refractivity contribution < 1.29 is 30.4 Å². The third kappa shape index (κ3) is 11.3. The Balaban J connectivity index is 0.000000224. The number of amides is 2. The second kappa shape index (κ2) is 19.6. The maximum atomic E-state index is 9.38. The molecule has 6 rings (SSSR count). The molecule has 0 atom stereocenters. The summed E-state index contributed by atoms with van der Waals surface area (Å²) in [5, 5.41) is 9.64. The Morgan fingerprint density at radius 2 is 0.904 bits per heavy atom. The molecule has 0 spiro atoms. The number of hydrogen-bond acceptors (Lipinski definition) is 2. The molecular weight excluding hydrogens is 761 g/mol. The molecule has 269 valence electrons. The Hall–Kier alpha value is -3.43. The zero-order valence-electron chi connectivity index (χ0n) is 32.0. The zero-order valence-corrected chi connectivity index (χ0v) is 36.0. The SMILES string of the molecule is Cc1cccc(-c2cccc3[cH-]c(C(C)(C)C)cc23)c1C.Cc1cccc(-c2cccc3[cH-]c(C(C)(C)C)cc23)c1C.O=CN[B]NC=O.[Cl][Zr+2][Cl]. The van der Waals surface area contributed by atoms with Crippen molar-refractivity contribution in [2.75, 3.05) is 0 Å². The van der Waals surface area contributed by atoms with Crippen LogP contribution in [0.2, 0.25) is 0 Å². The van der Waals surface area contributed by atoms with Gasteiger partial charge in [0.2, 0.25) is 0 Å². The summed E-state index contributed by atoms with van der Waals surface area (Å²) in [4.78, 5) is 18.8. The van der Waals surface area contributed by atoms with E-state index in [-0.39, 0.29) is 10.8 Å². The number of nitrogens with one attached hydrogen (secondary N) is 2. The number of fused-ring (bicyclic) bond motifs is 2. The van der Waals surface area contributed by atoms with Crippen molar-refractivity contribution in [2.24, 2.45) is 0 Å². The van der Waals surface area contributed by atoms with Gasteiger partial charge >= 0.3 is 45.4 Å². The summed E-state index contributed by atoms with van der Waals surface area (Å²) >= 11 is -0.826. The maximum absolute atomic E-state index is 9.38. The molecule has 0 aliphatic carbocycles. The predicted octanol–water partition coefficient (Wildman–Crippen LogP) is 11.7. The van der Waals surface area contributed by atoms with Crippen molar-refractivity contribution in [1.29, 1.82) is 0 Å². The number of carbonyl (C=O) groups is 2. The molecule has 0 bridgehead atoms. The quantitative estimate of drug-likeness (QED) is 0.0762. The van der Waals surface area contributed by atoms with Crippen LogP contribution in [0.5, 0.6) is 0 Å². The van der Waals surface area contributed by atoms with Gasteiger partial charge in [0.1, 0.15) is 0 Å². The van der Waals surface area contributed by atoms with Crippen LogP contribution >= 0.6 is 17.0 Å². The van der Waals surface area contributed by atoms with Gasteiger partial charge in [-0.3, -0.25) is 9.59 Å². The van der Waals surface area contributed by atoms with Crippen molar-refractivity contribution in [3.05, 3.63) is 130 Å². The van der Waals surface area contributed by atoms with E-state index < -0.39 is 20.8 Å². The van der Waals surface area contributed by atoms with Crippen LogP contribution in [0.3, 0.4) is 0 Å². The fourth-order valence-corrected chi connectivity index (χ4v) is 6.01. The second-order valence-corrected chi connectivity index (χ2v) is 18.6. The van der Waals surface area contributed by atoms with Gasteiger partial charge in [0.15, 0.2) is 12.8 Å². The third-order valence-electron chi connectivity index (χ3n) is 9.33. The fraction of sp³-hybridized carbons (Fsp3) is 0.273. The minimum absolute atomic E-state index is 0.192. The van der Waals surface area contributed by atoms with Gasteiger partial charge in [0, 0.05) is 0 Å². The van der Waals surface area contributed by atoms with Crippen molar-refractivity contribution >= 4 is 58.9 Å². The normalized spacial score (nSPS) is 10.8. The molecule has 2 amide bonds. The standard InChI is InChI=1S/2C21H23.C2H4BN2O2.2ClH.Zr/c2*1-14-8-6-10-18(15(14)2)19-11-7-9-16-12-17(13-20(16)19)21(3,4)5;6-1-4-3-5-2-7;;;/h2*6-13H,1-5H3;1-2H,(H,4,6)(H,5,7);2*1H;/q2*-1;;;;+4/p-2. The third-order valence-corrected chi connectivity index (χ3v) is 9.33. The van der Waals surface area contributed by atoms with E-state index in [1.165, 1.54) is 77.2 Å². The van der Waals surface area contributed by atoms with Gasteiger partial charge in [-0.1, -0.05) is 101 Å². The molecule has 0 unspecified atom stereocenters. The molecule has 0 saturated carbocycles. The number of benzene rings is 4. The first-order chi connectivity index (χ1) is 24.6. The Bertz CT molecular complexity index is 1940. The molecule has 6 aromatic carbocycles. The van der Waals surface area contributed by atoms with Gasteiger partial charge in [-0.15, -0.1) is 69.1 Å². The molecule has 4 nitrogen and oxygen atoms in total. The topological polar surface area (TPSA) is 58.2 Å². The zero-order chi connectivity index (χ0) is 38.6. The monoisotopic (exact) mass is 809 g/mol. The first-order valence-electron chi connectivity index (χ1n) is 17.3. The predicted molar refractivity (Wildman–Crippen MR) is 222 cm³/mol. The molecule has 8 heteroatoms. The van der Waals surface area contributed by atoms with Gasteiger partial charge in [-0.25, -0.2) is 0 Å². The number of hydrogen-bond donors (Lipinski definition) is 2. The summed E-state index contributed by atoms with van der Waals surface area (Å²) in [5.74, 6) is 0. The van der Waals surface area contributed by atoms with Gasteiger partial charge in [-0.2, -0.15) is 12.1 Å².